The number of halogens is 1. The van der Waals surface area contributed by atoms with Crippen molar-refractivity contribution in [2.24, 2.45) is 0 Å². The van der Waals surface area contributed by atoms with E-state index in [9.17, 15) is 0 Å². The minimum atomic E-state index is 0.0939. The van der Waals surface area contributed by atoms with Crippen LogP contribution < -0.4 is 5.32 Å². The summed E-state index contributed by atoms with van der Waals surface area (Å²) in [7, 11) is 0. The van der Waals surface area contributed by atoms with Crippen LogP contribution in [-0.2, 0) is 13.1 Å². The van der Waals surface area contributed by atoms with Crippen LogP contribution in [-0.4, -0.2) is 15.3 Å². The molecule has 0 aliphatic rings. The van der Waals surface area contributed by atoms with Gasteiger partial charge in [0.25, 0.3) is 0 Å². The van der Waals surface area contributed by atoms with E-state index in [1.165, 1.54) is 5.56 Å². The lowest BCUT2D eigenvalue weighted by atomic mass is 10.1. The summed E-state index contributed by atoms with van der Waals surface area (Å²) in [5.41, 5.74) is 3.53. The van der Waals surface area contributed by atoms with E-state index in [1.807, 2.05) is 29.9 Å². The predicted octanol–water partition coefficient (Wildman–Crippen LogP) is 3.78. The van der Waals surface area contributed by atoms with Crippen molar-refractivity contribution in [1.29, 1.82) is 0 Å². The molecule has 0 atom stereocenters. The molecule has 2 rings (SSSR count). The van der Waals surface area contributed by atoms with Gasteiger partial charge in [-0.1, -0.05) is 23.7 Å². The normalized spacial score (nSPS) is 11.8. The number of hydrogen-bond acceptors (Lipinski definition) is 2. The van der Waals surface area contributed by atoms with Crippen LogP contribution in [0.1, 0.15) is 37.6 Å². The van der Waals surface area contributed by atoms with Gasteiger partial charge in [-0.3, -0.25) is 4.68 Å². The Kier molecular flexibility index (Phi) is 4.51. The third-order valence-corrected chi connectivity index (χ3v) is 3.48. The Bertz CT molecular complexity index is 582. The Morgan fingerprint density at radius 2 is 2.00 bits per heavy atom. The molecule has 20 heavy (non-hydrogen) atoms. The molecule has 2 aromatic rings. The molecule has 0 unspecified atom stereocenters. The molecule has 0 fully saturated rings. The van der Waals surface area contributed by atoms with E-state index in [4.69, 9.17) is 11.6 Å². The van der Waals surface area contributed by atoms with Crippen LogP contribution in [0.4, 0.5) is 0 Å². The number of benzene rings is 1. The third-order valence-electron chi connectivity index (χ3n) is 3.13. The van der Waals surface area contributed by atoms with Crippen molar-refractivity contribution < 1.29 is 0 Å². The Balaban J connectivity index is 2.12. The Morgan fingerprint density at radius 1 is 1.25 bits per heavy atom. The lowest BCUT2D eigenvalue weighted by molar-refractivity contribution is 0.414. The molecular formula is C16H22ClN3. The standard InChI is InChI=1S/C16H22ClN3/c1-12-5-6-13(15(17)9-12)11-20-14(7-8-19-20)10-18-16(2,3)4/h5-9,18H,10-11H2,1-4H3. The fourth-order valence-electron chi connectivity index (χ4n) is 1.95. The molecule has 0 bridgehead atoms. The predicted molar refractivity (Wildman–Crippen MR) is 84.1 cm³/mol. The van der Waals surface area contributed by atoms with E-state index >= 15 is 0 Å². The number of nitrogens with one attached hydrogen (secondary N) is 1. The van der Waals surface area contributed by atoms with Gasteiger partial charge in [-0.25, -0.2) is 0 Å². The summed E-state index contributed by atoms with van der Waals surface area (Å²) in [4.78, 5) is 0. The second-order valence-corrected chi connectivity index (χ2v) is 6.59. The van der Waals surface area contributed by atoms with Gasteiger partial charge in [-0.15, -0.1) is 0 Å². The first-order valence-corrected chi connectivity index (χ1v) is 7.24. The Hall–Kier alpha value is -1.32. The van der Waals surface area contributed by atoms with Crippen LogP contribution >= 0.6 is 11.6 Å². The molecule has 1 aromatic carbocycles. The van der Waals surface area contributed by atoms with Gasteiger partial charge in [0.15, 0.2) is 0 Å². The van der Waals surface area contributed by atoms with Crippen molar-refractivity contribution in [2.45, 2.75) is 46.3 Å². The maximum atomic E-state index is 6.29. The molecule has 0 saturated carbocycles. The topological polar surface area (TPSA) is 29.9 Å². The summed E-state index contributed by atoms with van der Waals surface area (Å²) < 4.78 is 2.00. The fourth-order valence-corrected chi connectivity index (χ4v) is 2.25. The summed E-state index contributed by atoms with van der Waals surface area (Å²) in [6, 6.07) is 8.19. The van der Waals surface area contributed by atoms with Crippen LogP contribution in [0.15, 0.2) is 30.5 Å². The van der Waals surface area contributed by atoms with Crippen LogP contribution in [0.2, 0.25) is 5.02 Å². The van der Waals surface area contributed by atoms with Gasteiger partial charge in [-0.05, 0) is 51.0 Å². The van der Waals surface area contributed by atoms with Gasteiger partial charge < -0.3 is 5.32 Å². The zero-order valence-corrected chi connectivity index (χ0v) is 13.3. The van der Waals surface area contributed by atoms with E-state index in [1.54, 1.807) is 0 Å². The first kappa shape index (κ1) is 15.1. The summed E-state index contributed by atoms with van der Waals surface area (Å²) in [6.07, 6.45) is 1.84. The molecule has 0 aliphatic carbocycles. The second kappa shape index (κ2) is 5.98. The lowest BCUT2D eigenvalue weighted by Crippen LogP contribution is -2.35. The summed E-state index contributed by atoms with van der Waals surface area (Å²) in [6.45, 7) is 10.0. The van der Waals surface area contributed by atoms with Gasteiger partial charge >= 0.3 is 0 Å². The molecule has 0 spiro atoms. The fraction of sp³-hybridized carbons (Fsp3) is 0.438. The van der Waals surface area contributed by atoms with E-state index < -0.39 is 0 Å². The molecule has 0 radical (unpaired) electrons. The molecule has 0 saturated heterocycles. The lowest BCUT2D eigenvalue weighted by Gasteiger charge is -2.21. The molecule has 0 aliphatic heterocycles. The average molecular weight is 292 g/mol. The monoisotopic (exact) mass is 291 g/mol. The van der Waals surface area contributed by atoms with Gasteiger partial charge in [0, 0.05) is 23.3 Å². The summed E-state index contributed by atoms with van der Waals surface area (Å²) >= 11 is 6.29. The zero-order chi connectivity index (χ0) is 14.8. The van der Waals surface area contributed by atoms with Gasteiger partial charge in [0.1, 0.15) is 0 Å². The van der Waals surface area contributed by atoms with Crippen molar-refractivity contribution in [2.75, 3.05) is 0 Å². The number of aryl methyl sites for hydroxylation is 1. The third kappa shape index (κ3) is 4.09. The van der Waals surface area contributed by atoms with Crippen molar-refractivity contribution in [3.63, 3.8) is 0 Å². The maximum Gasteiger partial charge on any atom is 0.0677 e. The summed E-state index contributed by atoms with van der Waals surface area (Å²) in [5.74, 6) is 0. The van der Waals surface area contributed by atoms with Gasteiger partial charge in [0.2, 0.25) is 0 Å². The average Bonchev–Trinajstić information content (AvgIpc) is 2.77. The van der Waals surface area contributed by atoms with Crippen molar-refractivity contribution >= 4 is 11.6 Å². The minimum Gasteiger partial charge on any atom is -0.306 e. The highest BCUT2D eigenvalue weighted by Crippen LogP contribution is 2.19. The van der Waals surface area contributed by atoms with Crippen LogP contribution in [0.25, 0.3) is 0 Å². The molecule has 4 heteroatoms. The number of aromatic nitrogens is 2. The SMILES string of the molecule is Cc1ccc(Cn2nccc2CNC(C)(C)C)c(Cl)c1. The molecule has 1 aromatic heterocycles. The Labute approximate surface area is 126 Å². The van der Waals surface area contributed by atoms with Crippen molar-refractivity contribution in [3.05, 3.63) is 52.3 Å². The maximum absolute atomic E-state index is 6.29. The zero-order valence-electron chi connectivity index (χ0n) is 12.6. The van der Waals surface area contributed by atoms with Crippen LogP contribution in [0, 0.1) is 6.92 Å². The van der Waals surface area contributed by atoms with E-state index in [-0.39, 0.29) is 5.54 Å². The number of hydrogen-bond donors (Lipinski definition) is 1. The quantitative estimate of drug-likeness (QED) is 0.929. The molecule has 1 N–H and O–H groups in total. The second-order valence-electron chi connectivity index (χ2n) is 6.18. The molecular weight excluding hydrogens is 270 g/mol. The van der Waals surface area contributed by atoms with Crippen LogP contribution in [0.3, 0.4) is 0 Å². The highest BCUT2D eigenvalue weighted by Gasteiger charge is 2.11. The first-order valence-electron chi connectivity index (χ1n) is 6.86. The smallest absolute Gasteiger partial charge is 0.0677 e. The Morgan fingerprint density at radius 3 is 2.65 bits per heavy atom. The molecule has 1 heterocycles. The number of rotatable bonds is 4. The number of nitrogens with zero attached hydrogens (tertiary/aromatic N) is 2. The molecule has 108 valence electrons. The summed E-state index contributed by atoms with van der Waals surface area (Å²) in [5, 5.41) is 8.68. The van der Waals surface area contributed by atoms with Gasteiger partial charge in [-0.2, -0.15) is 5.10 Å². The minimum absolute atomic E-state index is 0.0939. The first-order chi connectivity index (χ1) is 9.35. The molecule has 3 nitrogen and oxygen atoms in total. The highest BCUT2D eigenvalue weighted by atomic mass is 35.5. The largest absolute Gasteiger partial charge is 0.306 e. The van der Waals surface area contributed by atoms with Crippen molar-refractivity contribution in [1.82, 2.24) is 15.1 Å². The van der Waals surface area contributed by atoms with E-state index in [2.05, 4.69) is 43.3 Å². The van der Waals surface area contributed by atoms with E-state index in [0.717, 1.165) is 22.8 Å². The highest BCUT2D eigenvalue weighted by molar-refractivity contribution is 6.31. The van der Waals surface area contributed by atoms with E-state index in [0.29, 0.717) is 6.54 Å². The van der Waals surface area contributed by atoms with Crippen molar-refractivity contribution in [3.8, 4) is 0 Å². The van der Waals surface area contributed by atoms with Gasteiger partial charge in [0.05, 0.1) is 12.2 Å². The molecule has 0 amide bonds. The van der Waals surface area contributed by atoms with Crippen LogP contribution in [0.5, 0.6) is 0 Å².